The van der Waals surface area contributed by atoms with E-state index in [0.29, 0.717) is 18.7 Å². The van der Waals surface area contributed by atoms with Crippen LogP contribution in [0.15, 0.2) is 48.5 Å². The highest BCUT2D eigenvalue weighted by Crippen LogP contribution is 2.16. The van der Waals surface area contributed by atoms with E-state index in [2.05, 4.69) is 0 Å². The molecule has 0 fully saturated rings. The molecule has 0 bridgehead atoms. The molecule has 0 aliphatic rings. The van der Waals surface area contributed by atoms with Gasteiger partial charge in [0.15, 0.2) is 0 Å². The fraction of sp³-hybridized carbons (Fsp3) is 0.278. The fourth-order valence-corrected chi connectivity index (χ4v) is 2.39. The van der Waals surface area contributed by atoms with Crippen molar-refractivity contribution in [2.45, 2.75) is 32.9 Å². The van der Waals surface area contributed by atoms with Gasteiger partial charge in [0.2, 0.25) is 5.91 Å². The molecule has 0 spiro atoms. The van der Waals surface area contributed by atoms with Gasteiger partial charge in [-0.1, -0.05) is 24.3 Å². The highest BCUT2D eigenvalue weighted by molar-refractivity contribution is 5.85. The number of hydrogen-bond donors (Lipinski definition) is 1. The van der Waals surface area contributed by atoms with Crippen LogP contribution >= 0.6 is 12.4 Å². The summed E-state index contributed by atoms with van der Waals surface area (Å²) in [6, 6.07) is 13.6. The van der Waals surface area contributed by atoms with Gasteiger partial charge < -0.3 is 10.6 Å². The molecule has 0 radical (unpaired) electrons. The Kier molecular flexibility index (Phi) is 7.39. The molecule has 2 aromatic rings. The summed E-state index contributed by atoms with van der Waals surface area (Å²) in [5, 5.41) is 10.7. The quantitative estimate of drug-likeness (QED) is 0.482. The summed E-state index contributed by atoms with van der Waals surface area (Å²) in [6.07, 6.45) is 0.297. The predicted octanol–water partition coefficient (Wildman–Crippen LogP) is 3.58. The normalized spacial score (nSPS) is 10.2. The van der Waals surface area contributed by atoms with Crippen molar-refractivity contribution in [1.29, 1.82) is 0 Å². The van der Waals surface area contributed by atoms with Crippen molar-refractivity contribution in [1.82, 2.24) is 4.90 Å². The Morgan fingerprint density at radius 1 is 1.08 bits per heavy atom. The van der Waals surface area contributed by atoms with E-state index < -0.39 is 4.92 Å². The average Bonchev–Trinajstić information content (AvgIpc) is 2.54. The second-order valence-electron chi connectivity index (χ2n) is 5.96. The molecule has 7 heteroatoms. The molecule has 1 amide bonds. The zero-order valence-corrected chi connectivity index (χ0v) is 15.0. The second kappa shape index (κ2) is 9.03. The van der Waals surface area contributed by atoms with Crippen LogP contribution in [-0.2, 0) is 17.8 Å². The zero-order valence-electron chi connectivity index (χ0n) is 14.2. The SMILES string of the molecule is CC(C)N(Cc1ccc([N+](=O)[O-])cc1)C(=O)Cc1ccc(N)cc1.Cl. The van der Waals surface area contributed by atoms with E-state index in [0.717, 1.165) is 11.1 Å². The van der Waals surface area contributed by atoms with Gasteiger partial charge in [-0.25, -0.2) is 0 Å². The standard InChI is InChI=1S/C18H21N3O3.ClH/c1-13(2)20(12-15-5-9-17(10-6-15)21(23)24)18(22)11-14-3-7-16(19)8-4-14;/h3-10,13H,11-12,19H2,1-2H3;1H. The number of carbonyl (C=O) groups is 1. The number of carbonyl (C=O) groups excluding carboxylic acids is 1. The lowest BCUT2D eigenvalue weighted by Crippen LogP contribution is -2.37. The Morgan fingerprint density at radius 3 is 2.08 bits per heavy atom. The van der Waals surface area contributed by atoms with E-state index in [1.54, 1.807) is 29.2 Å². The molecular formula is C18H22ClN3O3. The Balaban J connectivity index is 0.00000312. The van der Waals surface area contributed by atoms with E-state index in [-0.39, 0.29) is 30.0 Å². The van der Waals surface area contributed by atoms with E-state index in [9.17, 15) is 14.9 Å². The first-order valence-corrected chi connectivity index (χ1v) is 7.74. The maximum atomic E-state index is 12.6. The number of nitrogens with zero attached hydrogens (tertiary/aromatic N) is 2. The van der Waals surface area contributed by atoms with Gasteiger partial charge in [-0.15, -0.1) is 12.4 Å². The Bertz CT molecular complexity index is 715. The van der Waals surface area contributed by atoms with Crippen molar-refractivity contribution in [3.63, 3.8) is 0 Å². The third-order valence-corrected chi connectivity index (χ3v) is 3.78. The number of benzene rings is 2. The summed E-state index contributed by atoms with van der Waals surface area (Å²) in [5.41, 5.74) is 8.13. The van der Waals surface area contributed by atoms with Crippen molar-refractivity contribution >= 4 is 29.7 Å². The van der Waals surface area contributed by atoms with Crippen molar-refractivity contribution in [3.8, 4) is 0 Å². The number of nitro benzene ring substituents is 1. The van der Waals surface area contributed by atoms with Gasteiger partial charge >= 0.3 is 0 Å². The van der Waals surface area contributed by atoms with E-state index in [4.69, 9.17) is 5.73 Å². The number of non-ortho nitro benzene ring substituents is 1. The summed E-state index contributed by atoms with van der Waals surface area (Å²) in [6.45, 7) is 4.32. The van der Waals surface area contributed by atoms with Crippen LogP contribution in [0.2, 0.25) is 0 Å². The molecule has 0 heterocycles. The first kappa shape index (κ1) is 20.4. The minimum atomic E-state index is -0.434. The van der Waals surface area contributed by atoms with Gasteiger partial charge in [0, 0.05) is 30.4 Å². The molecule has 0 saturated carbocycles. The molecule has 0 aromatic heterocycles. The van der Waals surface area contributed by atoms with Crippen LogP contribution in [0, 0.1) is 10.1 Å². The van der Waals surface area contributed by atoms with Crippen LogP contribution in [-0.4, -0.2) is 21.8 Å². The summed E-state index contributed by atoms with van der Waals surface area (Å²) >= 11 is 0. The molecule has 25 heavy (non-hydrogen) atoms. The summed E-state index contributed by atoms with van der Waals surface area (Å²) in [5.74, 6) is 0.00752. The van der Waals surface area contributed by atoms with Crippen molar-refractivity contribution < 1.29 is 9.72 Å². The van der Waals surface area contributed by atoms with Crippen molar-refractivity contribution in [2.24, 2.45) is 0 Å². The number of nitrogen functional groups attached to an aromatic ring is 1. The zero-order chi connectivity index (χ0) is 17.7. The largest absolute Gasteiger partial charge is 0.399 e. The van der Waals surface area contributed by atoms with Gasteiger partial charge in [0.25, 0.3) is 5.69 Å². The number of amides is 1. The summed E-state index contributed by atoms with van der Waals surface area (Å²) < 4.78 is 0. The predicted molar refractivity (Wildman–Crippen MR) is 101 cm³/mol. The molecule has 2 aromatic carbocycles. The van der Waals surface area contributed by atoms with Crippen LogP contribution in [0.1, 0.15) is 25.0 Å². The van der Waals surface area contributed by atoms with Crippen LogP contribution in [0.25, 0.3) is 0 Å². The van der Waals surface area contributed by atoms with Crippen molar-refractivity contribution in [2.75, 3.05) is 5.73 Å². The average molecular weight is 364 g/mol. The third-order valence-electron chi connectivity index (χ3n) is 3.78. The fourth-order valence-electron chi connectivity index (χ4n) is 2.39. The Morgan fingerprint density at radius 2 is 1.60 bits per heavy atom. The number of halogens is 1. The van der Waals surface area contributed by atoms with E-state index in [1.807, 2.05) is 26.0 Å². The monoisotopic (exact) mass is 363 g/mol. The number of nitro groups is 1. The first-order valence-electron chi connectivity index (χ1n) is 7.74. The highest BCUT2D eigenvalue weighted by atomic mass is 35.5. The van der Waals surface area contributed by atoms with Crippen LogP contribution in [0.3, 0.4) is 0 Å². The third kappa shape index (κ3) is 5.76. The van der Waals surface area contributed by atoms with E-state index in [1.165, 1.54) is 12.1 Å². The topological polar surface area (TPSA) is 89.5 Å². The smallest absolute Gasteiger partial charge is 0.269 e. The highest BCUT2D eigenvalue weighted by Gasteiger charge is 2.18. The molecule has 0 saturated heterocycles. The molecule has 2 rings (SSSR count). The lowest BCUT2D eigenvalue weighted by Gasteiger charge is -2.27. The van der Waals surface area contributed by atoms with Gasteiger partial charge in [-0.05, 0) is 37.1 Å². The maximum absolute atomic E-state index is 12.6. The van der Waals surface area contributed by atoms with Gasteiger partial charge in [-0.3, -0.25) is 14.9 Å². The van der Waals surface area contributed by atoms with E-state index >= 15 is 0 Å². The summed E-state index contributed by atoms with van der Waals surface area (Å²) in [4.78, 5) is 24.6. The molecule has 134 valence electrons. The van der Waals surface area contributed by atoms with Crippen LogP contribution in [0.4, 0.5) is 11.4 Å². The molecular weight excluding hydrogens is 342 g/mol. The molecule has 6 nitrogen and oxygen atoms in total. The minimum absolute atomic E-state index is 0. The Labute approximate surface area is 153 Å². The molecule has 2 N–H and O–H groups in total. The number of hydrogen-bond acceptors (Lipinski definition) is 4. The number of nitrogens with two attached hydrogens (primary N) is 1. The molecule has 0 atom stereocenters. The maximum Gasteiger partial charge on any atom is 0.269 e. The summed E-state index contributed by atoms with van der Waals surface area (Å²) in [7, 11) is 0. The lowest BCUT2D eigenvalue weighted by molar-refractivity contribution is -0.384. The first-order chi connectivity index (χ1) is 11.4. The van der Waals surface area contributed by atoms with Gasteiger partial charge in [-0.2, -0.15) is 0 Å². The van der Waals surface area contributed by atoms with Crippen molar-refractivity contribution in [3.05, 3.63) is 69.8 Å². The molecule has 0 aliphatic carbocycles. The Hall–Kier alpha value is -2.60. The lowest BCUT2D eigenvalue weighted by atomic mass is 10.1. The molecule has 0 unspecified atom stereocenters. The second-order valence-corrected chi connectivity index (χ2v) is 5.96. The van der Waals surface area contributed by atoms with Crippen LogP contribution in [0.5, 0.6) is 0 Å². The van der Waals surface area contributed by atoms with Gasteiger partial charge in [0.05, 0.1) is 11.3 Å². The van der Waals surface area contributed by atoms with Crippen LogP contribution < -0.4 is 5.73 Å². The van der Waals surface area contributed by atoms with Gasteiger partial charge in [0.1, 0.15) is 0 Å². The minimum Gasteiger partial charge on any atom is -0.399 e. The number of anilines is 1. The number of rotatable bonds is 6. The molecule has 0 aliphatic heterocycles.